The van der Waals surface area contributed by atoms with Gasteiger partial charge in [-0.15, -0.1) is 0 Å². The maximum absolute atomic E-state index is 12.7. The summed E-state index contributed by atoms with van der Waals surface area (Å²) in [5.41, 5.74) is -6.12. The lowest BCUT2D eigenvalue weighted by Crippen LogP contribution is -2.55. The highest BCUT2D eigenvalue weighted by Crippen LogP contribution is 2.46. The fourth-order valence-electron chi connectivity index (χ4n) is 4.37. The Hall–Kier alpha value is -0.623. The van der Waals surface area contributed by atoms with Gasteiger partial charge >= 0.3 is 15.6 Å². The fourth-order valence-corrected chi connectivity index (χ4v) is 5.95. The van der Waals surface area contributed by atoms with E-state index < -0.39 is 41.2 Å². The molecule has 0 amide bonds. The Morgan fingerprint density at radius 3 is 2.37 bits per heavy atom. The van der Waals surface area contributed by atoms with Crippen molar-refractivity contribution in [2.24, 2.45) is 5.92 Å². The number of unbranched alkanes of at least 4 members (excludes halogenated alkanes) is 1. The summed E-state index contributed by atoms with van der Waals surface area (Å²) in [5.74, 6) is -1.09. The molecule has 11 heteroatoms. The van der Waals surface area contributed by atoms with E-state index in [1.54, 1.807) is 6.92 Å². The lowest BCUT2D eigenvalue weighted by Gasteiger charge is -2.45. The van der Waals surface area contributed by atoms with Gasteiger partial charge in [-0.1, -0.05) is 54.0 Å². The van der Waals surface area contributed by atoms with Gasteiger partial charge in [0, 0.05) is 12.3 Å². The molecule has 2 aliphatic heterocycles. The molecule has 2 aliphatic rings. The Bertz CT molecular complexity index is 839. The van der Waals surface area contributed by atoms with Crippen molar-refractivity contribution in [1.29, 1.82) is 0 Å². The fraction of sp³-hybridized carbons (Fsp3) is 0.917. The quantitative estimate of drug-likeness (QED) is 0.125. The topological polar surface area (TPSA) is 71.1 Å². The van der Waals surface area contributed by atoms with Crippen LogP contribution in [0.1, 0.15) is 79.6 Å². The third-order valence-corrected chi connectivity index (χ3v) is 13.2. The summed E-state index contributed by atoms with van der Waals surface area (Å²) in [6, 6.07) is 0. The number of hydrogen-bond donors (Lipinski definition) is 0. The minimum Gasteiger partial charge on any atom is -0.414 e. The zero-order valence-electron chi connectivity index (χ0n) is 22.2. The van der Waals surface area contributed by atoms with E-state index >= 15 is 0 Å². The summed E-state index contributed by atoms with van der Waals surface area (Å²) in [7, 11) is -7.80. The third-order valence-electron chi connectivity index (χ3n) is 7.70. The summed E-state index contributed by atoms with van der Waals surface area (Å²) in [6.45, 7) is 18.5. The monoisotopic (exact) mass is 544 g/mol. The van der Waals surface area contributed by atoms with Gasteiger partial charge in [0.15, 0.2) is 8.32 Å². The molecule has 2 fully saturated rings. The van der Waals surface area contributed by atoms with Crippen LogP contribution in [0, 0.1) is 5.92 Å². The van der Waals surface area contributed by atoms with Crippen LogP contribution < -0.4 is 0 Å². The van der Waals surface area contributed by atoms with E-state index in [9.17, 15) is 21.6 Å². The summed E-state index contributed by atoms with van der Waals surface area (Å²) in [5, 5.41) is 0.0296. The van der Waals surface area contributed by atoms with Gasteiger partial charge in [-0.05, 0) is 43.8 Å². The normalized spacial score (nSPS) is 29.0. The predicted octanol–water partition coefficient (Wildman–Crippen LogP) is 6.68. The Labute approximate surface area is 210 Å². The molecule has 0 N–H and O–H groups in total. The van der Waals surface area contributed by atoms with Crippen LogP contribution in [-0.4, -0.2) is 52.8 Å². The first-order valence-electron chi connectivity index (χ1n) is 12.5. The molecule has 5 atom stereocenters. The minimum absolute atomic E-state index is 0.0296. The van der Waals surface area contributed by atoms with Gasteiger partial charge < -0.3 is 18.1 Å². The molecule has 2 heterocycles. The highest BCUT2D eigenvalue weighted by molar-refractivity contribution is 7.87. The van der Waals surface area contributed by atoms with Crippen molar-refractivity contribution >= 4 is 18.4 Å². The minimum atomic E-state index is -5.74. The van der Waals surface area contributed by atoms with Crippen LogP contribution in [0.3, 0.4) is 0 Å². The van der Waals surface area contributed by atoms with Crippen LogP contribution in [0.4, 0.5) is 13.2 Å². The average molecular weight is 545 g/mol. The molecule has 0 spiro atoms. The van der Waals surface area contributed by atoms with E-state index in [1.165, 1.54) is 0 Å². The summed E-state index contributed by atoms with van der Waals surface area (Å²) >= 11 is 0. The van der Waals surface area contributed by atoms with Crippen molar-refractivity contribution in [1.82, 2.24) is 0 Å². The summed E-state index contributed by atoms with van der Waals surface area (Å²) in [6.07, 6.45) is 5.14. The molecule has 35 heavy (non-hydrogen) atoms. The highest BCUT2D eigenvalue weighted by atomic mass is 32.2. The molecule has 0 aromatic heterocycles. The van der Waals surface area contributed by atoms with Crippen molar-refractivity contribution in [2.75, 3.05) is 6.61 Å². The Morgan fingerprint density at radius 2 is 1.83 bits per heavy atom. The van der Waals surface area contributed by atoms with Crippen molar-refractivity contribution in [2.45, 2.75) is 127 Å². The molecule has 0 aliphatic carbocycles. The first-order valence-corrected chi connectivity index (χ1v) is 16.8. The molecule has 206 valence electrons. The third kappa shape index (κ3) is 7.46. The second-order valence-electron chi connectivity index (χ2n) is 11.6. The lowest BCUT2D eigenvalue weighted by molar-refractivity contribution is -0.183. The van der Waals surface area contributed by atoms with E-state index in [-0.39, 0.29) is 23.4 Å². The maximum atomic E-state index is 12.7. The van der Waals surface area contributed by atoms with Gasteiger partial charge in [0.25, 0.3) is 0 Å². The van der Waals surface area contributed by atoms with Gasteiger partial charge in [-0.3, -0.25) is 0 Å². The standard InChI is InChI=1S/C24H43F3O6SSi/c1-9-10-11-20-15-23(16-30-35(7,8)22(4,5)6)21(31-20)13-12-19(32-23)14-17(2)18(3)33-34(28,29)24(25,26)27/h17,19-21H,3,9-16H2,1-2,4-8H3/t17-,19-,20+,21+,23-/m1/s1. The van der Waals surface area contributed by atoms with Crippen molar-refractivity contribution in [3.63, 3.8) is 0 Å². The SMILES string of the molecule is C=C(OS(=O)(=O)C(F)(F)F)[C@H](C)C[C@H]1CC[C@@H]2O[C@@H](CCCC)C[C@]2(CO[Si](C)(C)C(C)(C)C)O1. The van der Waals surface area contributed by atoms with E-state index in [0.717, 1.165) is 25.7 Å². The van der Waals surface area contributed by atoms with Crippen molar-refractivity contribution in [3.8, 4) is 0 Å². The Morgan fingerprint density at radius 1 is 1.20 bits per heavy atom. The molecular formula is C24H43F3O6SSi. The van der Waals surface area contributed by atoms with Gasteiger partial charge in [0.2, 0.25) is 0 Å². The molecule has 0 bridgehead atoms. The summed E-state index contributed by atoms with van der Waals surface area (Å²) < 4.78 is 84.7. The molecule has 0 aromatic carbocycles. The molecular weight excluding hydrogens is 501 g/mol. The Balaban J connectivity index is 2.14. The van der Waals surface area contributed by atoms with Crippen LogP contribution in [0.15, 0.2) is 12.3 Å². The van der Waals surface area contributed by atoms with E-state index in [4.69, 9.17) is 13.9 Å². The van der Waals surface area contributed by atoms with E-state index in [2.05, 4.69) is 51.6 Å². The number of halogens is 3. The second kappa shape index (κ2) is 11.0. The molecule has 6 nitrogen and oxygen atoms in total. The Kier molecular flexibility index (Phi) is 9.62. The van der Waals surface area contributed by atoms with E-state index in [1.807, 2.05) is 0 Å². The number of hydrogen-bond acceptors (Lipinski definition) is 6. The molecule has 2 rings (SSSR count). The molecule has 0 aromatic rings. The first kappa shape index (κ1) is 30.6. The molecule has 2 saturated heterocycles. The molecule has 0 unspecified atom stereocenters. The van der Waals surface area contributed by atoms with Gasteiger partial charge in [0.05, 0.1) is 24.9 Å². The van der Waals surface area contributed by atoms with Crippen molar-refractivity contribution < 1.29 is 39.7 Å². The zero-order valence-corrected chi connectivity index (χ0v) is 24.0. The number of fused-ring (bicyclic) bond motifs is 1. The molecule has 0 saturated carbocycles. The van der Waals surface area contributed by atoms with E-state index in [0.29, 0.717) is 25.9 Å². The smallest absolute Gasteiger partial charge is 0.414 e. The van der Waals surface area contributed by atoms with Crippen LogP contribution in [0.25, 0.3) is 0 Å². The number of alkyl halides is 3. The summed E-state index contributed by atoms with van der Waals surface area (Å²) in [4.78, 5) is 0. The maximum Gasteiger partial charge on any atom is 0.534 e. The van der Waals surface area contributed by atoms with Gasteiger partial charge in [-0.25, -0.2) is 0 Å². The average Bonchev–Trinajstić information content (AvgIpc) is 3.07. The van der Waals surface area contributed by atoms with Crippen molar-refractivity contribution in [3.05, 3.63) is 12.3 Å². The van der Waals surface area contributed by atoms with Crippen LogP contribution in [0.2, 0.25) is 18.1 Å². The van der Waals surface area contributed by atoms with Crippen LogP contribution in [-0.2, 0) is 28.2 Å². The largest absolute Gasteiger partial charge is 0.534 e. The lowest BCUT2D eigenvalue weighted by atomic mass is 9.85. The molecule has 0 radical (unpaired) electrons. The zero-order chi connectivity index (χ0) is 26.9. The number of allylic oxidation sites excluding steroid dienone is 1. The van der Waals surface area contributed by atoms with Crippen LogP contribution in [0.5, 0.6) is 0 Å². The first-order chi connectivity index (χ1) is 15.8. The van der Waals surface area contributed by atoms with Crippen LogP contribution >= 0.6 is 0 Å². The number of rotatable bonds is 11. The van der Waals surface area contributed by atoms with Gasteiger partial charge in [-0.2, -0.15) is 21.6 Å². The highest BCUT2D eigenvalue weighted by Gasteiger charge is 2.55. The number of ether oxygens (including phenoxy) is 2. The van der Waals surface area contributed by atoms with Gasteiger partial charge in [0.1, 0.15) is 11.4 Å². The second-order valence-corrected chi connectivity index (χ2v) is 18.0. The predicted molar refractivity (Wildman–Crippen MR) is 132 cm³/mol.